The van der Waals surface area contributed by atoms with E-state index < -0.39 is 0 Å². The molecule has 0 N–H and O–H groups in total. The summed E-state index contributed by atoms with van der Waals surface area (Å²) < 4.78 is 5.36. The molecule has 9 nitrogen and oxygen atoms in total. The minimum atomic E-state index is -0.150. The van der Waals surface area contributed by atoms with Crippen molar-refractivity contribution in [1.82, 2.24) is 20.0 Å². The highest BCUT2D eigenvalue weighted by Crippen LogP contribution is 2.28. The van der Waals surface area contributed by atoms with Crippen molar-refractivity contribution < 1.29 is 9.32 Å². The number of likely N-dealkylation sites (tertiary alicyclic amines) is 1. The summed E-state index contributed by atoms with van der Waals surface area (Å²) in [5, 5.41) is 7.30. The lowest BCUT2D eigenvalue weighted by molar-refractivity contribution is -0.130. The predicted octanol–water partition coefficient (Wildman–Crippen LogP) is 2.15. The zero-order chi connectivity index (χ0) is 16.1. The molecule has 0 aromatic carbocycles. The van der Waals surface area contributed by atoms with E-state index in [0.717, 1.165) is 18.4 Å². The number of aromatic nitrogens is 3. The lowest BCUT2D eigenvalue weighted by Crippen LogP contribution is -2.39. The topological polar surface area (TPSA) is 121 Å². The second-order valence-electron chi connectivity index (χ2n) is 5.24. The van der Waals surface area contributed by atoms with Gasteiger partial charge < -0.3 is 9.42 Å². The molecule has 3 heterocycles. The van der Waals surface area contributed by atoms with E-state index in [1.54, 1.807) is 17.3 Å². The van der Waals surface area contributed by atoms with E-state index in [2.05, 4.69) is 25.2 Å². The molecule has 0 aliphatic carbocycles. The number of pyridine rings is 1. The van der Waals surface area contributed by atoms with Crippen LogP contribution < -0.4 is 0 Å². The molecule has 2 aromatic rings. The van der Waals surface area contributed by atoms with Gasteiger partial charge in [-0.25, -0.2) is 0 Å². The molecule has 2 aromatic heterocycles. The summed E-state index contributed by atoms with van der Waals surface area (Å²) in [5.41, 5.74) is 9.07. The number of hydrogen-bond donors (Lipinski definition) is 0. The molecule has 1 aliphatic rings. The number of amides is 1. The Kier molecular flexibility index (Phi) is 4.49. The molecule has 0 atom stereocenters. The van der Waals surface area contributed by atoms with E-state index in [0.29, 0.717) is 24.8 Å². The van der Waals surface area contributed by atoms with E-state index in [9.17, 15) is 4.79 Å². The molecule has 118 valence electrons. The number of carbonyl (C=O) groups is 1. The van der Waals surface area contributed by atoms with E-state index in [1.165, 1.54) is 0 Å². The van der Waals surface area contributed by atoms with Gasteiger partial charge in [0.05, 0.1) is 0 Å². The fourth-order valence-corrected chi connectivity index (χ4v) is 2.58. The van der Waals surface area contributed by atoms with E-state index in [1.807, 2.05) is 12.1 Å². The van der Waals surface area contributed by atoms with Crippen molar-refractivity contribution in [2.75, 3.05) is 19.6 Å². The molecule has 0 unspecified atom stereocenters. The summed E-state index contributed by atoms with van der Waals surface area (Å²) in [5.74, 6) is 1.10. The van der Waals surface area contributed by atoms with Crippen LogP contribution in [0.1, 0.15) is 24.7 Å². The van der Waals surface area contributed by atoms with E-state index >= 15 is 0 Å². The third-order valence-electron chi connectivity index (χ3n) is 3.83. The van der Waals surface area contributed by atoms with Crippen molar-refractivity contribution in [3.63, 3.8) is 0 Å². The first-order valence-electron chi connectivity index (χ1n) is 7.30. The van der Waals surface area contributed by atoms with Gasteiger partial charge in [0.15, 0.2) is 0 Å². The predicted molar refractivity (Wildman–Crippen MR) is 80.1 cm³/mol. The summed E-state index contributed by atoms with van der Waals surface area (Å²) in [6, 6.07) is 3.69. The molecule has 0 radical (unpaired) electrons. The molecular formula is C14H15N7O2. The Morgan fingerprint density at radius 1 is 1.48 bits per heavy atom. The lowest BCUT2D eigenvalue weighted by atomic mass is 9.96. The molecule has 3 rings (SSSR count). The van der Waals surface area contributed by atoms with Crippen molar-refractivity contribution >= 4 is 5.91 Å². The van der Waals surface area contributed by atoms with Crippen LogP contribution in [-0.4, -0.2) is 45.6 Å². The number of rotatable bonds is 4. The van der Waals surface area contributed by atoms with Gasteiger partial charge in [-0.3, -0.25) is 9.78 Å². The minimum Gasteiger partial charge on any atom is -0.343 e. The molecule has 0 saturated carbocycles. The van der Waals surface area contributed by atoms with Crippen LogP contribution in [0, 0.1) is 0 Å². The maximum atomic E-state index is 11.8. The van der Waals surface area contributed by atoms with Crippen LogP contribution in [0.25, 0.3) is 21.8 Å². The number of azide groups is 1. The van der Waals surface area contributed by atoms with Crippen LogP contribution in [-0.2, 0) is 4.79 Å². The first-order valence-corrected chi connectivity index (χ1v) is 7.30. The zero-order valence-corrected chi connectivity index (χ0v) is 12.4. The largest absolute Gasteiger partial charge is 0.343 e. The van der Waals surface area contributed by atoms with E-state index in [-0.39, 0.29) is 18.4 Å². The third kappa shape index (κ3) is 3.46. The maximum Gasteiger partial charge on any atom is 0.230 e. The fourth-order valence-electron chi connectivity index (χ4n) is 2.58. The van der Waals surface area contributed by atoms with Gasteiger partial charge in [-0.1, -0.05) is 10.3 Å². The molecular weight excluding hydrogens is 298 g/mol. The van der Waals surface area contributed by atoms with Crippen molar-refractivity contribution in [1.29, 1.82) is 0 Å². The Balaban J connectivity index is 1.61. The number of carbonyl (C=O) groups excluding carboxylic acids is 1. The second-order valence-corrected chi connectivity index (χ2v) is 5.24. The summed E-state index contributed by atoms with van der Waals surface area (Å²) in [7, 11) is 0. The summed E-state index contributed by atoms with van der Waals surface area (Å²) >= 11 is 0. The van der Waals surface area contributed by atoms with E-state index in [4.69, 9.17) is 10.1 Å². The quantitative estimate of drug-likeness (QED) is 0.486. The normalized spacial score (nSPS) is 15.2. The molecule has 1 saturated heterocycles. The zero-order valence-electron chi connectivity index (χ0n) is 12.4. The number of piperidine rings is 1. The van der Waals surface area contributed by atoms with Gasteiger partial charge in [0.25, 0.3) is 0 Å². The fraction of sp³-hybridized carbons (Fsp3) is 0.429. The molecule has 1 aliphatic heterocycles. The highest BCUT2D eigenvalue weighted by atomic mass is 16.5. The Morgan fingerprint density at radius 2 is 2.30 bits per heavy atom. The average Bonchev–Trinajstić information content (AvgIpc) is 3.11. The molecule has 0 spiro atoms. The van der Waals surface area contributed by atoms with Crippen LogP contribution >= 0.6 is 0 Å². The number of hydrogen-bond acceptors (Lipinski definition) is 6. The van der Waals surface area contributed by atoms with Crippen molar-refractivity contribution in [2.45, 2.75) is 18.8 Å². The monoisotopic (exact) mass is 313 g/mol. The first-order chi connectivity index (χ1) is 11.3. The molecule has 0 bridgehead atoms. The molecule has 23 heavy (non-hydrogen) atoms. The summed E-state index contributed by atoms with van der Waals surface area (Å²) in [6.07, 6.45) is 4.87. The van der Waals surface area contributed by atoms with Crippen LogP contribution in [0.15, 0.2) is 34.2 Å². The SMILES string of the molecule is [N-]=[N+]=NCC(=O)N1CCC(c2nc(-c3cccnc3)no2)CC1. The van der Waals surface area contributed by atoms with Crippen molar-refractivity contribution in [2.24, 2.45) is 5.11 Å². The van der Waals surface area contributed by atoms with Crippen LogP contribution in [0.2, 0.25) is 0 Å². The second kappa shape index (κ2) is 6.89. The van der Waals surface area contributed by atoms with Crippen molar-refractivity contribution in [3.8, 4) is 11.4 Å². The highest BCUT2D eigenvalue weighted by Gasteiger charge is 2.27. The van der Waals surface area contributed by atoms with Gasteiger partial charge in [0, 0.05) is 41.9 Å². The third-order valence-corrected chi connectivity index (χ3v) is 3.83. The summed E-state index contributed by atoms with van der Waals surface area (Å²) in [6.45, 7) is 1.05. The van der Waals surface area contributed by atoms with Gasteiger partial charge in [-0.15, -0.1) is 0 Å². The Morgan fingerprint density at radius 3 is 3.00 bits per heavy atom. The number of nitrogens with zero attached hydrogens (tertiary/aromatic N) is 7. The highest BCUT2D eigenvalue weighted by molar-refractivity contribution is 5.78. The van der Waals surface area contributed by atoms with Gasteiger partial charge in [0.2, 0.25) is 17.6 Å². The Hall–Kier alpha value is -2.93. The molecule has 1 amide bonds. The smallest absolute Gasteiger partial charge is 0.230 e. The average molecular weight is 313 g/mol. The van der Waals surface area contributed by atoms with Gasteiger partial charge in [0.1, 0.15) is 6.54 Å². The standard InChI is InChI=1S/C14H15N7O2/c15-20-17-9-12(22)21-6-3-10(4-7-21)14-18-13(19-23-14)11-2-1-5-16-8-11/h1-2,5,8,10H,3-4,6-7,9H2. The Labute approximate surface area is 131 Å². The molecule has 9 heteroatoms. The van der Waals surface area contributed by atoms with Crippen LogP contribution in [0.3, 0.4) is 0 Å². The lowest BCUT2D eigenvalue weighted by Gasteiger charge is -2.30. The minimum absolute atomic E-state index is 0.132. The van der Waals surface area contributed by atoms with Gasteiger partial charge in [-0.2, -0.15) is 4.98 Å². The van der Waals surface area contributed by atoms with Gasteiger partial charge >= 0.3 is 0 Å². The van der Waals surface area contributed by atoms with Crippen LogP contribution in [0.4, 0.5) is 0 Å². The Bertz CT molecular complexity index is 716. The summed E-state index contributed by atoms with van der Waals surface area (Å²) in [4.78, 5) is 24.6. The first kappa shape index (κ1) is 15.0. The maximum absolute atomic E-state index is 11.8. The van der Waals surface area contributed by atoms with Gasteiger partial charge in [-0.05, 0) is 30.5 Å². The van der Waals surface area contributed by atoms with Crippen LogP contribution in [0.5, 0.6) is 0 Å². The molecule has 1 fully saturated rings. The van der Waals surface area contributed by atoms with Crippen molar-refractivity contribution in [3.05, 3.63) is 40.9 Å².